The zero-order valence-electron chi connectivity index (χ0n) is 7.20. The lowest BCUT2D eigenvalue weighted by atomic mass is 10.8. The monoisotopic (exact) mass is 172 g/mol. The molecule has 0 amide bonds. The second kappa shape index (κ2) is 9.42. The summed E-state index contributed by atoms with van der Waals surface area (Å²) in [6.07, 6.45) is 2.01. The van der Waals surface area contributed by atoms with Crippen molar-refractivity contribution in [2.45, 2.75) is 13.8 Å². The maximum atomic E-state index is 10.1. The van der Waals surface area contributed by atoms with Crippen molar-refractivity contribution >= 4 is 11.9 Å². The van der Waals surface area contributed by atoms with Gasteiger partial charge in [0.2, 0.25) is 0 Å². The van der Waals surface area contributed by atoms with Crippen LogP contribution in [0.15, 0.2) is 25.7 Å². The van der Waals surface area contributed by atoms with Crippen molar-refractivity contribution in [2.75, 3.05) is 0 Å². The standard InChI is InChI=1S/C6H8O4.C2H4/c1-5(7)9-3-4-10-6(2)8;1-2/h3-4H,1-2H3;1-2H2/b4-3+;. The summed E-state index contributed by atoms with van der Waals surface area (Å²) in [4.78, 5) is 20.1. The number of hydrogen-bond acceptors (Lipinski definition) is 4. The van der Waals surface area contributed by atoms with Gasteiger partial charge in [-0.1, -0.05) is 0 Å². The molecule has 0 aliphatic carbocycles. The van der Waals surface area contributed by atoms with E-state index in [1.54, 1.807) is 0 Å². The van der Waals surface area contributed by atoms with E-state index in [4.69, 9.17) is 0 Å². The molecule has 0 atom stereocenters. The molecule has 0 rings (SSSR count). The Morgan fingerprint density at radius 3 is 1.42 bits per heavy atom. The number of carbonyl (C=O) groups excluding carboxylic acids is 2. The average Bonchev–Trinajstić information content (AvgIpc) is 2.02. The van der Waals surface area contributed by atoms with Gasteiger partial charge in [0.05, 0.1) is 0 Å². The fourth-order valence-electron chi connectivity index (χ4n) is 0.247. The second-order valence-electron chi connectivity index (χ2n) is 1.49. The third-order valence-corrected chi connectivity index (χ3v) is 0.524. The van der Waals surface area contributed by atoms with Crippen molar-refractivity contribution in [3.8, 4) is 0 Å². The lowest BCUT2D eigenvalue weighted by Crippen LogP contribution is -1.93. The molecule has 4 nitrogen and oxygen atoms in total. The van der Waals surface area contributed by atoms with Crippen molar-refractivity contribution < 1.29 is 19.1 Å². The molecule has 0 aromatic rings. The number of carbonyl (C=O) groups is 2. The molecule has 0 saturated heterocycles. The molecule has 0 unspecified atom stereocenters. The van der Waals surface area contributed by atoms with E-state index < -0.39 is 11.9 Å². The van der Waals surface area contributed by atoms with Gasteiger partial charge in [0.15, 0.2) is 0 Å². The molecule has 4 heteroatoms. The summed E-state index contributed by atoms with van der Waals surface area (Å²) >= 11 is 0. The highest BCUT2D eigenvalue weighted by molar-refractivity contribution is 5.67. The Balaban J connectivity index is 0. The van der Waals surface area contributed by atoms with E-state index in [9.17, 15) is 9.59 Å². The molecule has 0 saturated carbocycles. The van der Waals surface area contributed by atoms with Gasteiger partial charge in [-0.05, 0) is 0 Å². The molecule has 0 aliphatic heterocycles. The smallest absolute Gasteiger partial charge is 0.307 e. The molecule has 68 valence electrons. The van der Waals surface area contributed by atoms with Crippen LogP contribution < -0.4 is 0 Å². The molecule has 0 N–H and O–H groups in total. The van der Waals surface area contributed by atoms with E-state index in [2.05, 4.69) is 22.6 Å². The number of ether oxygens (including phenoxy) is 2. The summed E-state index contributed by atoms with van der Waals surface area (Å²) in [5.41, 5.74) is 0. The topological polar surface area (TPSA) is 52.6 Å². The summed E-state index contributed by atoms with van der Waals surface area (Å²) in [5.74, 6) is -0.910. The summed E-state index contributed by atoms with van der Waals surface area (Å²) in [6, 6.07) is 0. The van der Waals surface area contributed by atoms with Crippen molar-refractivity contribution in [3.63, 3.8) is 0 Å². The quantitative estimate of drug-likeness (QED) is 0.359. The Morgan fingerprint density at radius 2 is 1.25 bits per heavy atom. The third kappa shape index (κ3) is 15.8. The van der Waals surface area contributed by atoms with Gasteiger partial charge in [-0.25, -0.2) is 0 Å². The van der Waals surface area contributed by atoms with Crippen LogP contribution in [0, 0.1) is 0 Å². The van der Waals surface area contributed by atoms with E-state index in [1.165, 1.54) is 13.8 Å². The molecule has 0 heterocycles. The van der Waals surface area contributed by atoms with Gasteiger partial charge >= 0.3 is 11.9 Å². The van der Waals surface area contributed by atoms with E-state index in [0.717, 1.165) is 12.5 Å². The van der Waals surface area contributed by atoms with Crippen LogP contribution in [0.2, 0.25) is 0 Å². The highest BCUT2D eigenvalue weighted by Gasteiger charge is 1.86. The maximum Gasteiger partial charge on any atom is 0.307 e. The third-order valence-electron chi connectivity index (χ3n) is 0.524. The minimum atomic E-state index is -0.455. The van der Waals surface area contributed by atoms with Gasteiger partial charge in [-0.3, -0.25) is 9.59 Å². The lowest BCUT2D eigenvalue weighted by Gasteiger charge is -1.90. The van der Waals surface area contributed by atoms with Crippen LogP contribution in [0.25, 0.3) is 0 Å². The molecule has 0 radical (unpaired) electrons. The Hall–Kier alpha value is -1.58. The Bertz CT molecular complexity index is 154. The van der Waals surface area contributed by atoms with Crippen molar-refractivity contribution in [1.82, 2.24) is 0 Å². The Kier molecular flexibility index (Phi) is 10.2. The highest BCUT2D eigenvalue weighted by atomic mass is 16.6. The first kappa shape index (κ1) is 13.0. The van der Waals surface area contributed by atoms with Crippen LogP contribution in [0.3, 0.4) is 0 Å². The van der Waals surface area contributed by atoms with Crippen molar-refractivity contribution in [2.24, 2.45) is 0 Å². The van der Waals surface area contributed by atoms with Crippen LogP contribution in [-0.4, -0.2) is 11.9 Å². The van der Waals surface area contributed by atoms with Gasteiger partial charge < -0.3 is 9.47 Å². The fourth-order valence-corrected chi connectivity index (χ4v) is 0.247. The largest absolute Gasteiger partial charge is 0.431 e. The summed E-state index contributed by atoms with van der Waals surface area (Å²) in [7, 11) is 0. The zero-order chi connectivity index (χ0) is 9.98. The number of esters is 2. The predicted molar refractivity (Wildman–Crippen MR) is 43.9 cm³/mol. The van der Waals surface area contributed by atoms with Crippen LogP contribution in [0.4, 0.5) is 0 Å². The van der Waals surface area contributed by atoms with Crippen LogP contribution in [-0.2, 0) is 19.1 Å². The van der Waals surface area contributed by atoms with Crippen LogP contribution in [0.5, 0.6) is 0 Å². The fraction of sp³-hybridized carbons (Fsp3) is 0.250. The minimum absolute atomic E-state index is 0.455. The van der Waals surface area contributed by atoms with E-state index in [1.807, 2.05) is 0 Å². The minimum Gasteiger partial charge on any atom is -0.431 e. The van der Waals surface area contributed by atoms with E-state index in [-0.39, 0.29) is 0 Å². The van der Waals surface area contributed by atoms with Gasteiger partial charge in [0.1, 0.15) is 12.5 Å². The first-order valence-electron chi connectivity index (χ1n) is 3.12. The normalized spacial score (nSPS) is 8.17. The summed E-state index contributed by atoms with van der Waals surface area (Å²) in [5, 5.41) is 0. The SMILES string of the molecule is C=C.CC(=O)O/C=C/OC(C)=O. The van der Waals surface area contributed by atoms with Crippen molar-refractivity contribution in [1.29, 1.82) is 0 Å². The first-order valence-corrected chi connectivity index (χ1v) is 3.12. The zero-order valence-corrected chi connectivity index (χ0v) is 7.20. The van der Waals surface area contributed by atoms with Crippen LogP contribution in [0.1, 0.15) is 13.8 Å². The van der Waals surface area contributed by atoms with Gasteiger partial charge in [-0.15, -0.1) is 13.2 Å². The van der Waals surface area contributed by atoms with E-state index in [0.29, 0.717) is 0 Å². The Labute approximate surface area is 71.5 Å². The highest BCUT2D eigenvalue weighted by Crippen LogP contribution is 1.81. The molecular weight excluding hydrogens is 160 g/mol. The molecule has 12 heavy (non-hydrogen) atoms. The lowest BCUT2D eigenvalue weighted by molar-refractivity contribution is -0.138. The molecule has 0 aliphatic rings. The van der Waals surface area contributed by atoms with Crippen LogP contribution >= 0.6 is 0 Å². The molecular formula is C8H12O4. The Morgan fingerprint density at radius 1 is 1.00 bits per heavy atom. The molecule has 0 spiro atoms. The molecule has 0 fully saturated rings. The number of hydrogen-bond donors (Lipinski definition) is 0. The molecule has 0 bridgehead atoms. The van der Waals surface area contributed by atoms with Gasteiger partial charge in [0.25, 0.3) is 0 Å². The van der Waals surface area contributed by atoms with Crippen molar-refractivity contribution in [3.05, 3.63) is 25.7 Å². The van der Waals surface area contributed by atoms with E-state index >= 15 is 0 Å². The predicted octanol–water partition coefficient (Wildman–Crippen LogP) is 1.39. The molecule has 0 aromatic heterocycles. The number of rotatable bonds is 2. The van der Waals surface area contributed by atoms with Gasteiger partial charge in [-0.2, -0.15) is 0 Å². The maximum absolute atomic E-state index is 10.1. The summed E-state index contributed by atoms with van der Waals surface area (Å²) < 4.78 is 8.59. The second-order valence-corrected chi connectivity index (χ2v) is 1.49. The van der Waals surface area contributed by atoms with Gasteiger partial charge in [0, 0.05) is 13.8 Å². The average molecular weight is 172 g/mol. The molecule has 0 aromatic carbocycles. The first-order chi connectivity index (χ1) is 5.63. The summed E-state index contributed by atoms with van der Waals surface area (Å²) in [6.45, 7) is 8.50.